The van der Waals surface area contributed by atoms with Gasteiger partial charge in [-0.15, -0.1) is 0 Å². The maximum Gasteiger partial charge on any atom is 0.325 e. The van der Waals surface area contributed by atoms with E-state index >= 15 is 0 Å². The molecular formula is C15H28N2O3. The number of nitrogens with zero attached hydrogens (tertiary/aromatic N) is 1. The number of carbonyl (C=O) groups is 1. The molecule has 2 fully saturated rings. The first-order chi connectivity index (χ1) is 9.59. The lowest BCUT2D eigenvalue weighted by atomic mass is 9.78. The second-order valence-electron chi connectivity index (χ2n) is 6.33. The predicted molar refractivity (Wildman–Crippen MR) is 77.4 cm³/mol. The van der Waals surface area contributed by atoms with Crippen molar-refractivity contribution in [2.24, 2.45) is 11.7 Å². The minimum atomic E-state index is -0.777. The summed E-state index contributed by atoms with van der Waals surface area (Å²) in [5, 5.41) is 0. The molecule has 1 aliphatic heterocycles. The number of hydrogen-bond acceptors (Lipinski definition) is 5. The highest BCUT2D eigenvalue weighted by molar-refractivity contribution is 5.80. The van der Waals surface area contributed by atoms with Gasteiger partial charge in [0.25, 0.3) is 0 Å². The molecule has 0 amide bonds. The fraction of sp³-hybridized carbons (Fsp3) is 0.933. The molecule has 0 bridgehead atoms. The summed E-state index contributed by atoms with van der Waals surface area (Å²) in [6.45, 7) is 3.05. The van der Waals surface area contributed by atoms with Crippen molar-refractivity contribution in [2.75, 3.05) is 33.9 Å². The number of rotatable bonds is 4. The van der Waals surface area contributed by atoms with Gasteiger partial charge < -0.3 is 20.1 Å². The number of hydrogen-bond donors (Lipinski definition) is 1. The van der Waals surface area contributed by atoms with Crippen LogP contribution in [0.15, 0.2) is 0 Å². The molecule has 116 valence electrons. The Hall–Kier alpha value is -0.650. The number of esters is 1. The first kappa shape index (κ1) is 15.7. The maximum atomic E-state index is 11.9. The van der Waals surface area contributed by atoms with E-state index in [9.17, 15) is 4.79 Å². The van der Waals surface area contributed by atoms with Gasteiger partial charge in [-0.1, -0.05) is 0 Å². The van der Waals surface area contributed by atoms with Crippen LogP contribution in [0.3, 0.4) is 0 Å². The van der Waals surface area contributed by atoms with Crippen molar-refractivity contribution < 1.29 is 14.3 Å². The standard InChI is InChI=1S/C15H28N2O3/c1-19-11-12-5-8-17(9-6-12)13-4-3-7-15(16,10-13)14(18)20-2/h12-13H,3-11,16H2,1-2H3. The molecule has 1 aliphatic carbocycles. The van der Waals surface area contributed by atoms with Gasteiger partial charge in [-0.05, 0) is 57.5 Å². The summed E-state index contributed by atoms with van der Waals surface area (Å²) < 4.78 is 10.1. The molecule has 2 atom stereocenters. The van der Waals surface area contributed by atoms with Crippen LogP contribution in [-0.2, 0) is 14.3 Å². The van der Waals surface area contributed by atoms with Crippen LogP contribution >= 0.6 is 0 Å². The highest BCUT2D eigenvalue weighted by Gasteiger charge is 2.42. The number of carbonyl (C=O) groups excluding carboxylic acids is 1. The van der Waals surface area contributed by atoms with Crippen LogP contribution in [-0.4, -0.2) is 56.4 Å². The number of nitrogens with two attached hydrogens (primary N) is 1. The van der Waals surface area contributed by atoms with E-state index < -0.39 is 5.54 Å². The Balaban J connectivity index is 1.89. The smallest absolute Gasteiger partial charge is 0.325 e. The SMILES string of the molecule is COCC1CCN(C2CCCC(N)(C(=O)OC)C2)CC1. The van der Waals surface area contributed by atoms with Gasteiger partial charge in [0.2, 0.25) is 0 Å². The summed E-state index contributed by atoms with van der Waals surface area (Å²) in [6.07, 6.45) is 5.99. The van der Waals surface area contributed by atoms with E-state index in [1.165, 1.54) is 20.0 Å². The molecule has 5 nitrogen and oxygen atoms in total. The minimum Gasteiger partial charge on any atom is -0.468 e. The highest BCUT2D eigenvalue weighted by Crippen LogP contribution is 2.32. The number of piperidine rings is 1. The molecule has 20 heavy (non-hydrogen) atoms. The molecule has 1 heterocycles. The predicted octanol–water partition coefficient (Wildman–Crippen LogP) is 1.16. The third-order valence-electron chi connectivity index (χ3n) is 4.92. The zero-order valence-corrected chi connectivity index (χ0v) is 12.8. The lowest BCUT2D eigenvalue weighted by Gasteiger charge is -2.43. The van der Waals surface area contributed by atoms with Crippen molar-refractivity contribution >= 4 is 5.97 Å². The molecule has 2 aliphatic rings. The number of ether oxygens (including phenoxy) is 2. The summed E-state index contributed by atoms with van der Waals surface area (Å²) in [5.74, 6) is 0.430. The largest absolute Gasteiger partial charge is 0.468 e. The summed E-state index contributed by atoms with van der Waals surface area (Å²) in [6, 6.07) is 0.427. The second kappa shape index (κ2) is 6.87. The molecule has 2 N–H and O–H groups in total. The first-order valence-electron chi connectivity index (χ1n) is 7.69. The van der Waals surface area contributed by atoms with Crippen LogP contribution in [0.5, 0.6) is 0 Å². The Kier molecular flexibility index (Phi) is 5.41. The van der Waals surface area contributed by atoms with Gasteiger partial charge in [-0.25, -0.2) is 0 Å². The van der Waals surface area contributed by atoms with Crippen molar-refractivity contribution in [2.45, 2.75) is 50.1 Å². The van der Waals surface area contributed by atoms with Gasteiger partial charge in [-0.2, -0.15) is 0 Å². The van der Waals surface area contributed by atoms with E-state index in [1.807, 2.05) is 0 Å². The number of likely N-dealkylation sites (tertiary alicyclic amines) is 1. The highest BCUT2D eigenvalue weighted by atomic mass is 16.5. The topological polar surface area (TPSA) is 64.8 Å². The van der Waals surface area contributed by atoms with Gasteiger partial charge in [0.05, 0.1) is 7.11 Å². The van der Waals surface area contributed by atoms with Crippen molar-refractivity contribution in [3.8, 4) is 0 Å². The lowest BCUT2D eigenvalue weighted by molar-refractivity contribution is -0.149. The van der Waals surface area contributed by atoms with Crippen LogP contribution < -0.4 is 5.73 Å². The second-order valence-corrected chi connectivity index (χ2v) is 6.33. The third-order valence-corrected chi connectivity index (χ3v) is 4.92. The molecule has 0 aromatic carbocycles. The van der Waals surface area contributed by atoms with Gasteiger partial charge in [0.1, 0.15) is 5.54 Å². The molecule has 2 unspecified atom stereocenters. The van der Waals surface area contributed by atoms with Crippen LogP contribution in [0.4, 0.5) is 0 Å². The number of methoxy groups -OCH3 is 2. The van der Waals surface area contributed by atoms with E-state index in [-0.39, 0.29) is 5.97 Å². The molecule has 0 aromatic heterocycles. The average molecular weight is 284 g/mol. The summed E-state index contributed by atoms with van der Waals surface area (Å²) in [7, 11) is 3.20. The van der Waals surface area contributed by atoms with Crippen LogP contribution in [0.2, 0.25) is 0 Å². The summed E-state index contributed by atoms with van der Waals surface area (Å²) >= 11 is 0. The van der Waals surface area contributed by atoms with Gasteiger partial charge in [0.15, 0.2) is 0 Å². The van der Waals surface area contributed by atoms with Crippen molar-refractivity contribution in [3.63, 3.8) is 0 Å². The Bertz CT molecular complexity index is 329. The van der Waals surface area contributed by atoms with Gasteiger partial charge >= 0.3 is 5.97 Å². The molecule has 1 saturated carbocycles. The third kappa shape index (κ3) is 3.51. The van der Waals surface area contributed by atoms with E-state index in [0.717, 1.165) is 45.4 Å². The monoisotopic (exact) mass is 284 g/mol. The van der Waals surface area contributed by atoms with Gasteiger partial charge in [-0.3, -0.25) is 4.79 Å². The summed E-state index contributed by atoms with van der Waals surface area (Å²) in [4.78, 5) is 14.4. The molecule has 5 heteroatoms. The van der Waals surface area contributed by atoms with E-state index in [2.05, 4.69) is 4.90 Å². The van der Waals surface area contributed by atoms with E-state index in [4.69, 9.17) is 15.2 Å². The molecular weight excluding hydrogens is 256 g/mol. The van der Waals surface area contributed by atoms with Crippen molar-refractivity contribution in [1.29, 1.82) is 0 Å². The normalized spacial score (nSPS) is 33.0. The average Bonchev–Trinajstić information content (AvgIpc) is 2.47. The first-order valence-corrected chi connectivity index (χ1v) is 7.69. The molecule has 1 saturated heterocycles. The van der Waals surface area contributed by atoms with Crippen molar-refractivity contribution in [3.05, 3.63) is 0 Å². The zero-order valence-electron chi connectivity index (χ0n) is 12.8. The fourth-order valence-electron chi connectivity index (χ4n) is 3.70. The van der Waals surface area contributed by atoms with E-state index in [0.29, 0.717) is 12.0 Å². The quantitative estimate of drug-likeness (QED) is 0.785. The van der Waals surface area contributed by atoms with E-state index in [1.54, 1.807) is 7.11 Å². The lowest BCUT2D eigenvalue weighted by Crippen LogP contribution is -2.57. The molecule has 2 rings (SSSR count). The Morgan fingerprint density at radius 2 is 2.00 bits per heavy atom. The van der Waals surface area contributed by atoms with Crippen molar-refractivity contribution in [1.82, 2.24) is 4.90 Å². The molecule has 0 aromatic rings. The molecule has 0 spiro atoms. The molecule has 0 radical (unpaired) electrons. The fourth-order valence-corrected chi connectivity index (χ4v) is 3.70. The summed E-state index contributed by atoms with van der Waals surface area (Å²) in [5.41, 5.74) is 5.49. The maximum absolute atomic E-state index is 11.9. The van der Waals surface area contributed by atoms with Gasteiger partial charge in [0, 0.05) is 19.8 Å². The Morgan fingerprint density at radius 3 is 2.60 bits per heavy atom. The van der Waals surface area contributed by atoms with Crippen LogP contribution in [0, 0.1) is 5.92 Å². The minimum absolute atomic E-state index is 0.253. The Morgan fingerprint density at radius 1 is 1.30 bits per heavy atom. The van der Waals surface area contributed by atoms with Crippen LogP contribution in [0.1, 0.15) is 38.5 Å². The Labute approximate surface area is 121 Å². The zero-order chi connectivity index (χ0) is 14.6. The van der Waals surface area contributed by atoms with Crippen LogP contribution in [0.25, 0.3) is 0 Å².